The molecular weight excluding hydrogens is 290 g/mol. The van der Waals surface area contributed by atoms with Gasteiger partial charge in [-0.25, -0.2) is 0 Å². The van der Waals surface area contributed by atoms with Crippen molar-refractivity contribution in [3.8, 4) is 0 Å². The molecule has 0 unspecified atom stereocenters. The Bertz CT molecular complexity index is 516. The summed E-state index contributed by atoms with van der Waals surface area (Å²) in [5, 5.41) is 0. The third-order valence-corrected chi connectivity index (χ3v) is 5.42. The lowest BCUT2D eigenvalue weighted by atomic mass is 10.2. The van der Waals surface area contributed by atoms with Crippen molar-refractivity contribution in [2.75, 3.05) is 39.4 Å². The Balaban J connectivity index is 2.13. The minimum atomic E-state index is -3.46. The van der Waals surface area contributed by atoms with Crippen molar-refractivity contribution < 1.29 is 13.2 Å². The van der Waals surface area contributed by atoms with Gasteiger partial charge in [0.1, 0.15) is 0 Å². The summed E-state index contributed by atoms with van der Waals surface area (Å²) >= 11 is 0. The molecule has 6 nitrogen and oxygen atoms in total. The SMILES string of the molecule is NCCCN(Cc1ccccc1)S(=O)(=O)N1CCOCC1. The van der Waals surface area contributed by atoms with Crippen LogP contribution in [0.3, 0.4) is 0 Å². The summed E-state index contributed by atoms with van der Waals surface area (Å²) < 4.78 is 33.7. The quantitative estimate of drug-likeness (QED) is 0.791. The van der Waals surface area contributed by atoms with Crippen LogP contribution in [0.2, 0.25) is 0 Å². The van der Waals surface area contributed by atoms with Gasteiger partial charge in [-0.2, -0.15) is 17.0 Å². The maximum absolute atomic E-state index is 12.8. The minimum Gasteiger partial charge on any atom is -0.379 e. The second kappa shape index (κ2) is 7.86. The highest BCUT2D eigenvalue weighted by Gasteiger charge is 2.30. The smallest absolute Gasteiger partial charge is 0.282 e. The normalized spacial score (nSPS) is 17.2. The molecule has 7 heteroatoms. The predicted molar refractivity (Wildman–Crippen MR) is 81.8 cm³/mol. The Morgan fingerprint density at radius 1 is 1.19 bits per heavy atom. The van der Waals surface area contributed by atoms with Gasteiger partial charge >= 0.3 is 0 Å². The molecule has 1 aliphatic rings. The first-order chi connectivity index (χ1) is 10.1. The first-order valence-corrected chi connectivity index (χ1v) is 8.61. The van der Waals surface area contributed by atoms with Gasteiger partial charge in [-0.1, -0.05) is 30.3 Å². The van der Waals surface area contributed by atoms with E-state index in [0.29, 0.717) is 52.4 Å². The van der Waals surface area contributed by atoms with Crippen molar-refractivity contribution in [2.45, 2.75) is 13.0 Å². The number of rotatable bonds is 7. The molecule has 0 aliphatic carbocycles. The van der Waals surface area contributed by atoms with Crippen molar-refractivity contribution >= 4 is 10.2 Å². The molecule has 2 N–H and O–H groups in total. The summed E-state index contributed by atoms with van der Waals surface area (Å²) in [6, 6.07) is 9.62. The number of nitrogens with two attached hydrogens (primary N) is 1. The van der Waals surface area contributed by atoms with E-state index in [1.54, 1.807) is 0 Å². The van der Waals surface area contributed by atoms with Crippen LogP contribution in [0.5, 0.6) is 0 Å². The minimum absolute atomic E-state index is 0.376. The molecule has 0 amide bonds. The number of ether oxygens (including phenoxy) is 1. The van der Waals surface area contributed by atoms with Crippen LogP contribution >= 0.6 is 0 Å². The van der Waals surface area contributed by atoms with Gasteiger partial charge in [0.15, 0.2) is 0 Å². The fourth-order valence-electron chi connectivity index (χ4n) is 2.27. The average Bonchev–Trinajstić information content (AvgIpc) is 2.53. The molecule has 0 aromatic heterocycles. The van der Waals surface area contributed by atoms with Crippen LogP contribution in [0.1, 0.15) is 12.0 Å². The molecule has 1 aromatic rings. The molecule has 0 spiro atoms. The monoisotopic (exact) mass is 313 g/mol. The Kier molecular flexibility index (Phi) is 6.13. The lowest BCUT2D eigenvalue weighted by Gasteiger charge is -2.32. The van der Waals surface area contributed by atoms with Crippen molar-refractivity contribution in [3.63, 3.8) is 0 Å². The number of morpholine rings is 1. The fourth-order valence-corrected chi connectivity index (χ4v) is 3.88. The van der Waals surface area contributed by atoms with Gasteiger partial charge in [-0.15, -0.1) is 0 Å². The van der Waals surface area contributed by atoms with Crippen LogP contribution in [-0.4, -0.2) is 56.4 Å². The molecule has 1 fully saturated rings. The topological polar surface area (TPSA) is 75.9 Å². The van der Waals surface area contributed by atoms with E-state index in [9.17, 15) is 8.42 Å². The van der Waals surface area contributed by atoms with Crippen LogP contribution < -0.4 is 5.73 Å². The van der Waals surface area contributed by atoms with Crippen LogP contribution in [-0.2, 0) is 21.5 Å². The molecule has 1 saturated heterocycles. The molecule has 21 heavy (non-hydrogen) atoms. The lowest BCUT2D eigenvalue weighted by molar-refractivity contribution is 0.0700. The van der Waals surface area contributed by atoms with E-state index < -0.39 is 10.2 Å². The lowest BCUT2D eigenvalue weighted by Crippen LogP contribution is -2.48. The Labute approximate surface area is 126 Å². The highest BCUT2D eigenvalue weighted by molar-refractivity contribution is 7.86. The van der Waals surface area contributed by atoms with Gasteiger partial charge in [-0.05, 0) is 18.5 Å². The summed E-state index contributed by atoms with van der Waals surface area (Å²) in [5.74, 6) is 0. The highest BCUT2D eigenvalue weighted by Crippen LogP contribution is 2.15. The number of hydrogen-bond acceptors (Lipinski definition) is 4. The molecular formula is C14H23N3O3S. The molecule has 0 bridgehead atoms. The van der Waals surface area contributed by atoms with Crippen molar-refractivity contribution in [3.05, 3.63) is 35.9 Å². The van der Waals surface area contributed by atoms with Gasteiger partial charge in [0, 0.05) is 26.2 Å². The molecule has 1 heterocycles. The first-order valence-electron chi connectivity index (χ1n) is 7.21. The molecule has 0 radical (unpaired) electrons. The largest absolute Gasteiger partial charge is 0.379 e. The summed E-state index contributed by atoms with van der Waals surface area (Å²) in [5.41, 5.74) is 6.51. The summed E-state index contributed by atoms with van der Waals surface area (Å²) in [6.07, 6.45) is 0.649. The second-order valence-corrected chi connectivity index (χ2v) is 6.91. The Hall–Kier alpha value is -0.990. The van der Waals surface area contributed by atoms with Gasteiger partial charge < -0.3 is 10.5 Å². The van der Waals surface area contributed by atoms with E-state index in [0.717, 1.165) is 5.56 Å². The molecule has 1 aliphatic heterocycles. The van der Waals surface area contributed by atoms with E-state index in [1.165, 1.54) is 8.61 Å². The molecule has 2 rings (SSSR count). The zero-order chi connectivity index (χ0) is 15.1. The standard InChI is InChI=1S/C14H23N3O3S/c15-7-4-8-17(13-14-5-2-1-3-6-14)21(18,19)16-9-11-20-12-10-16/h1-3,5-6H,4,7-13,15H2. The molecule has 0 saturated carbocycles. The van der Waals surface area contributed by atoms with E-state index in [1.807, 2.05) is 30.3 Å². The zero-order valence-electron chi connectivity index (χ0n) is 12.1. The molecule has 118 valence electrons. The maximum Gasteiger partial charge on any atom is 0.282 e. The van der Waals surface area contributed by atoms with Crippen LogP contribution in [0.15, 0.2) is 30.3 Å². The van der Waals surface area contributed by atoms with Gasteiger partial charge in [0.25, 0.3) is 10.2 Å². The third kappa shape index (κ3) is 4.49. The Morgan fingerprint density at radius 3 is 2.48 bits per heavy atom. The number of benzene rings is 1. The van der Waals surface area contributed by atoms with Gasteiger partial charge in [0.2, 0.25) is 0 Å². The summed E-state index contributed by atoms with van der Waals surface area (Å²) in [6.45, 7) is 3.02. The predicted octanol–water partition coefficient (Wildman–Crippen LogP) is 0.414. The number of nitrogens with zero attached hydrogens (tertiary/aromatic N) is 2. The second-order valence-electron chi connectivity index (χ2n) is 4.98. The van der Waals surface area contributed by atoms with E-state index in [4.69, 9.17) is 10.5 Å². The Morgan fingerprint density at radius 2 is 1.86 bits per heavy atom. The van der Waals surface area contributed by atoms with Crippen molar-refractivity contribution in [1.29, 1.82) is 0 Å². The van der Waals surface area contributed by atoms with Gasteiger partial charge in [-0.3, -0.25) is 0 Å². The zero-order valence-corrected chi connectivity index (χ0v) is 13.0. The highest BCUT2D eigenvalue weighted by atomic mass is 32.2. The summed E-state index contributed by atoms with van der Waals surface area (Å²) in [4.78, 5) is 0. The van der Waals surface area contributed by atoms with Crippen LogP contribution in [0, 0.1) is 0 Å². The van der Waals surface area contributed by atoms with Crippen molar-refractivity contribution in [1.82, 2.24) is 8.61 Å². The molecule has 0 atom stereocenters. The van der Waals surface area contributed by atoms with E-state index >= 15 is 0 Å². The molecule has 1 aromatic carbocycles. The fraction of sp³-hybridized carbons (Fsp3) is 0.571. The van der Waals surface area contributed by atoms with Crippen LogP contribution in [0.4, 0.5) is 0 Å². The third-order valence-electron chi connectivity index (χ3n) is 3.44. The number of hydrogen-bond donors (Lipinski definition) is 1. The summed E-state index contributed by atoms with van der Waals surface area (Å²) in [7, 11) is -3.46. The van der Waals surface area contributed by atoms with E-state index in [2.05, 4.69) is 0 Å². The van der Waals surface area contributed by atoms with Gasteiger partial charge in [0.05, 0.1) is 13.2 Å². The average molecular weight is 313 g/mol. The van der Waals surface area contributed by atoms with E-state index in [-0.39, 0.29) is 0 Å². The maximum atomic E-state index is 12.8. The van der Waals surface area contributed by atoms with Crippen molar-refractivity contribution in [2.24, 2.45) is 5.73 Å². The first kappa shape index (κ1) is 16.4. The van der Waals surface area contributed by atoms with Crippen LogP contribution in [0.25, 0.3) is 0 Å².